The maximum Gasteiger partial charge on any atom is 0.255 e. The number of primary amides is 1. The highest BCUT2D eigenvalue weighted by molar-refractivity contribution is 5.97. The minimum absolute atomic E-state index is 0.224. The Bertz CT molecular complexity index is 544. The van der Waals surface area contributed by atoms with Crippen molar-refractivity contribution in [3.8, 4) is 5.75 Å². The molecule has 1 aliphatic heterocycles. The van der Waals surface area contributed by atoms with Gasteiger partial charge in [-0.15, -0.1) is 0 Å². The Hall–Kier alpha value is -2.12. The fraction of sp³-hybridized carbons (Fsp3) is 0.500. The molecule has 126 valence electrons. The lowest BCUT2D eigenvalue weighted by Crippen LogP contribution is -2.47. The highest BCUT2D eigenvalue weighted by Gasteiger charge is 2.19. The molecule has 1 fully saturated rings. The summed E-state index contributed by atoms with van der Waals surface area (Å²) < 4.78 is 10.6. The zero-order chi connectivity index (χ0) is 16.7. The van der Waals surface area contributed by atoms with Gasteiger partial charge in [0.1, 0.15) is 5.75 Å². The maximum atomic E-state index is 12.3. The monoisotopic (exact) mass is 321 g/mol. The summed E-state index contributed by atoms with van der Waals surface area (Å²) in [5.74, 6) is -0.464. The number of nitrogens with two attached hydrogens (primary N) is 1. The molecule has 0 aliphatic carbocycles. The van der Waals surface area contributed by atoms with Gasteiger partial charge in [0, 0.05) is 25.7 Å². The van der Waals surface area contributed by atoms with Gasteiger partial charge in [0.05, 0.1) is 18.8 Å². The molecule has 1 aromatic rings. The van der Waals surface area contributed by atoms with Crippen LogP contribution < -0.4 is 15.8 Å². The molecular weight excluding hydrogens is 298 g/mol. The molecule has 0 unspecified atom stereocenters. The second kappa shape index (κ2) is 8.50. The fourth-order valence-electron chi connectivity index (χ4n) is 2.41. The van der Waals surface area contributed by atoms with Crippen molar-refractivity contribution in [3.05, 3.63) is 29.8 Å². The number of morpholine rings is 1. The Labute approximate surface area is 135 Å². The largest absolute Gasteiger partial charge is 0.483 e. The lowest BCUT2D eigenvalue weighted by atomic mass is 10.1. The number of ether oxygens (including phenoxy) is 2. The Balaban J connectivity index is 1.91. The van der Waals surface area contributed by atoms with Crippen molar-refractivity contribution < 1.29 is 19.1 Å². The number of carbonyl (C=O) groups excluding carboxylic acids is 2. The first-order valence-electron chi connectivity index (χ1n) is 7.68. The van der Waals surface area contributed by atoms with Crippen LogP contribution in [0.1, 0.15) is 17.3 Å². The Morgan fingerprint density at radius 2 is 2.04 bits per heavy atom. The summed E-state index contributed by atoms with van der Waals surface area (Å²) in [5.41, 5.74) is 5.46. The first-order valence-corrected chi connectivity index (χ1v) is 7.68. The van der Waals surface area contributed by atoms with Gasteiger partial charge in [-0.05, 0) is 19.1 Å². The number of carbonyl (C=O) groups is 2. The molecule has 1 atom stereocenters. The second-order valence-corrected chi connectivity index (χ2v) is 5.46. The molecular formula is C16H23N3O4. The van der Waals surface area contributed by atoms with Crippen LogP contribution in [-0.2, 0) is 9.53 Å². The van der Waals surface area contributed by atoms with E-state index in [1.54, 1.807) is 24.3 Å². The van der Waals surface area contributed by atoms with Crippen molar-refractivity contribution in [2.75, 3.05) is 39.5 Å². The molecule has 0 saturated carbocycles. The number of amides is 2. The van der Waals surface area contributed by atoms with Crippen molar-refractivity contribution in [2.24, 2.45) is 5.73 Å². The van der Waals surface area contributed by atoms with Gasteiger partial charge in [0.15, 0.2) is 6.61 Å². The molecule has 7 nitrogen and oxygen atoms in total. The smallest absolute Gasteiger partial charge is 0.255 e. The third kappa shape index (κ3) is 5.22. The van der Waals surface area contributed by atoms with E-state index in [0.29, 0.717) is 17.9 Å². The average molecular weight is 321 g/mol. The maximum absolute atomic E-state index is 12.3. The van der Waals surface area contributed by atoms with E-state index in [9.17, 15) is 9.59 Å². The first kappa shape index (κ1) is 17.2. The molecule has 2 amide bonds. The Kier molecular flexibility index (Phi) is 6.37. The quantitative estimate of drug-likeness (QED) is 0.737. The minimum Gasteiger partial charge on any atom is -0.483 e. The molecule has 23 heavy (non-hydrogen) atoms. The van der Waals surface area contributed by atoms with Crippen LogP contribution in [0, 0.1) is 0 Å². The van der Waals surface area contributed by atoms with Gasteiger partial charge in [0.2, 0.25) is 0 Å². The number of rotatable bonds is 7. The van der Waals surface area contributed by atoms with Crippen LogP contribution in [0.5, 0.6) is 5.75 Å². The topological polar surface area (TPSA) is 93.9 Å². The van der Waals surface area contributed by atoms with E-state index in [1.807, 2.05) is 0 Å². The lowest BCUT2D eigenvalue weighted by molar-refractivity contribution is -0.119. The van der Waals surface area contributed by atoms with Crippen LogP contribution in [0.2, 0.25) is 0 Å². The van der Waals surface area contributed by atoms with Gasteiger partial charge >= 0.3 is 0 Å². The van der Waals surface area contributed by atoms with Crippen molar-refractivity contribution in [1.82, 2.24) is 10.2 Å². The minimum atomic E-state index is -0.582. The van der Waals surface area contributed by atoms with Crippen LogP contribution in [0.25, 0.3) is 0 Å². The Morgan fingerprint density at radius 1 is 1.35 bits per heavy atom. The normalized spacial score (nSPS) is 16.6. The number of nitrogens with one attached hydrogen (secondary N) is 1. The van der Waals surface area contributed by atoms with Crippen molar-refractivity contribution in [3.63, 3.8) is 0 Å². The highest BCUT2D eigenvalue weighted by Crippen LogP contribution is 2.17. The van der Waals surface area contributed by atoms with Gasteiger partial charge in [-0.2, -0.15) is 0 Å². The number of nitrogens with zero attached hydrogens (tertiary/aromatic N) is 1. The number of hydrogen-bond donors (Lipinski definition) is 2. The predicted molar refractivity (Wildman–Crippen MR) is 85.3 cm³/mol. The summed E-state index contributed by atoms with van der Waals surface area (Å²) in [6.07, 6.45) is 0. The number of benzene rings is 1. The van der Waals surface area contributed by atoms with Crippen molar-refractivity contribution in [1.29, 1.82) is 0 Å². The summed E-state index contributed by atoms with van der Waals surface area (Å²) in [5, 5.41) is 2.91. The second-order valence-electron chi connectivity index (χ2n) is 5.46. The molecule has 1 saturated heterocycles. The van der Waals surface area contributed by atoms with Crippen molar-refractivity contribution in [2.45, 2.75) is 13.0 Å². The molecule has 7 heteroatoms. The summed E-state index contributed by atoms with van der Waals surface area (Å²) in [6, 6.07) is 7.01. The molecule has 1 aromatic carbocycles. The first-order chi connectivity index (χ1) is 11.1. The third-order valence-corrected chi connectivity index (χ3v) is 3.73. The molecule has 0 radical (unpaired) electrons. The Morgan fingerprint density at radius 3 is 2.74 bits per heavy atom. The predicted octanol–water partition coefficient (Wildman–Crippen LogP) is 0.00120. The van der Waals surface area contributed by atoms with E-state index in [1.165, 1.54) is 0 Å². The molecule has 0 bridgehead atoms. The number of hydrogen-bond acceptors (Lipinski definition) is 5. The molecule has 0 spiro atoms. The van der Waals surface area contributed by atoms with E-state index in [4.69, 9.17) is 15.2 Å². The third-order valence-electron chi connectivity index (χ3n) is 3.73. The average Bonchev–Trinajstić information content (AvgIpc) is 2.58. The highest BCUT2D eigenvalue weighted by atomic mass is 16.5. The van der Waals surface area contributed by atoms with E-state index < -0.39 is 5.91 Å². The lowest BCUT2D eigenvalue weighted by Gasteiger charge is -2.32. The zero-order valence-electron chi connectivity index (χ0n) is 13.3. The van der Waals surface area contributed by atoms with Gasteiger partial charge < -0.3 is 20.5 Å². The van der Waals surface area contributed by atoms with E-state index >= 15 is 0 Å². The van der Waals surface area contributed by atoms with Crippen LogP contribution in [0.15, 0.2) is 24.3 Å². The fourth-order valence-corrected chi connectivity index (χ4v) is 2.41. The van der Waals surface area contributed by atoms with E-state index in [-0.39, 0.29) is 18.6 Å². The van der Waals surface area contributed by atoms with Crippen LogP contribution >= 0.6 is 0 Å². The van der Waals surface area contributed by atoms with E-state index in [0.717, 1.165) is 26.3 Å². The van der Waals surface area contributed by atoms with Gasteiger partial charge in [-0.1, -0.05) is 12.1 Å². The van der Waals surface area contributed by atoms with Gasteiger partial charge in [0.25, 0.3) is 11.8 Å². The van der Waals surface area contributed by atoms with Gasteiger partial charge in [-0.25, -0.2) is 0 Å². The summed E-state index contributed by atoms with van der Waals surface area (Å²) in [7, 11) is 0. The summed E-state index contributed by atoms with van der Waals surface area (Å²) >= 11 is 0. The zero-order valence-corrected chi connectivity index (χ0v) is 13.3. The van der Waals surface area contributed by atoms with E-state index in [2.05, 4.69) is 17.1 Å². The SMILES string of the molecule is C[C@@H](CNC(=O)c1ccccc1OCC(N)=O)N1CCOCC1. The molecule has 1 heterocycles. The molecule has 2 rings (SSSR count). The van der Waals surface area contributed by atoms with Crippen molar-refractivity contribution >= 4 is 11.8 Å². The molecule has 3 N–H and O–H groups in total. The summed E-state index contributed by atoms with van der Waals surface area (Å²) in [6.45, 7) is 5.54. The van der Waals surface area contributed by atoms with Crippen LogP contribution in [-0.4, -0.2) is 62.2 Å². The summed E-state index contributed by atoms with van der Waals surface area (Å²) in [4.78, 5) is 25.4. The van der Waals surface area contributed by atoms with Gasteiger partial charge in [-0.3, -0.25) is 14.5 Å². The standard InChI is InChI=1S/C16H23N3O4/c1-12(19-6-8-22-9-7-19)10-18-16(21)13-4-2-3-5-14(13)23-11-15(17)20/h2-5,12H,6-11H2,1H3,(H2,17,20)(H,18,21)/t12-/m0/s1. The van der Waals surface area contributed by atoms with Crippen LogP contribution in [0.3, 0.4) is 0 Å². The molecule has 1 aliphatic rings. The molecule has 0 aromatic heterocycles. The van der Waals surface area contributed by atoms with Crippen LogP contribution in [0.4, 0.5) is 0 Å². The number of para-hydroxylation sites is 1.